The van der Waals surface area contributed by atoms with Crippen molar-refractivity contribution < 1.29 is 4.79 Å². The molecule has 4 rings (SSSR count). The molecule has 0 aromatic carbocycles. The standard InChI is InChI=1S/C24H27N5O/c1-18-6-4-12-26-23(18)15-28-24(30)19-9-10-22(27-14-19)20-7-5-13-29(16-20)17-21-8-2-3-11-25-21/h2-4,6,8-12,14,20H,5,7,13,15-17H2,1H3,(H,28,30)/t20-/m0/s1. The molecular formula is C24H27N5O. The smallest absolute Gasteiger partial charge is 0.253 e. The Morgan fingerprint density at radius 1 is 1.10 bits per heavy atom. The zero-order valence-electron chi connectivity index (χ0n) is 17.3. The molecule has 3 aromatic heterocycles. The number of nitrogens with zero attached hydrogens (tertiary/aromatic N) is 4. The zero-order valence-corrected chi connectivity index (χ0v) is 17.3. The Balaban J connectivity index is 1.34. The molecular weight excluding hydrogens is 374 g/mol. The molecule has 1 fully saturated rings. The van der Waals surface area contributed by atoms with Gasteiger partial charge >= 0.3 is 0 Å². The third kappa shape index (κ3) is 5.07. The molecule has 1 saturated heterocycles. The van der Waals surface area contributed by atoms with E-state index in [0.29, 0.717) is 18.0 Å². The Kier molecular flexibility index (Phi) is 6.44. The molecule has 0 radical (unpaired) electrons. The average molecular weight is 402 g/mol. The van der Waals surface area contributed by atoms with E-state index in [1.54, 1.807) is 12.4 Å². The zero-order chi connectivity index (χ0) is 20.8. The van der Waals surface area contributed by atoms with Crippen molar-refractivity contribution in [2.75, 3.05) is 13.1 Å². The number of likely N-dealkylation sites (tertiary alicyclic amines) is 1. The number of nitrogens with one attached hydrogen (secondary N) is 1. The van der Waals surface area contributed by atoms with Gasteiger partial charge in [0, 0.05) is 43.3 Å². The number of rotatable bonds is 6. The van der Waals surface area contributed by atoms with Gasteiger partial charge in [-0.05, 0) is 62.2 Å². The molecule has 1 N–H and O–H groups in total. The van der Waals surface area contributed by atoms with Gasteiger partial charge in [-0.1, -0.05) is 12.1 Å². The molecule has 1 atom stereocenters. The predicted octanol–water partition coefficient (Wildman–Crippen LogP) is 3.49. The number of hydrogen-bond donors (Lipinski definition) is 1. The van der Waals surface area contributed by atoms with Crippen molar-refractivity contribution in [1.29, 1.82) is 0 Å². The van der Waals surface area contributed by atoms with Crippen LogP contribution in [0.4, 0.5) is 0 Å². The Morgan fingerprint density at radius 3 is 2.77 bits per heavy atom. The minimum Gasteiger partial charge on any atom is -0.346 e. The van der Waals surface area contributed by atoms with E-state index in [2.05, 4.69) is 31.2 Å². The number of aryl methyl sites for hydroxylation is 1. The first-order chi connectivity index (χ1) is 14.7. The van der Waals surface area contributed by atoms with Crippen LogP contribution in [-0.2, 0) is 13.1 Å². The Morgan fingerprint density at radius 2 is 2.00 bits per heavy atom. The lowest BCUT2D eigenvalue weighted by Crippen LogP contribution is -2.34. The van der Waals surface area contributed by atoms with E-state index in [9.17, 15) is 4.79 Å². The monoisotopic (exact) mass is 401 g/mol. The summed E-state index contributed by atoms with van der Waals surface area (Å²) in [6.45, 7) is 5.32. The third-order valence-corrected chi connectivity index (χ3v) is 5.62. The number of hydrogen-bond acceptors (Lipinski definition) is 5. The maximum absolute atomic E-state index is 12.5. The fraction of sp³-hybridized carbons (Fsp3) is 0.333. The van der Waals surface area contributed by atoms with Crippen molar-refractivity contribution in [3.05, 3.63) is 89.3 Å². The van der Waals surface area contributed by atoms with Gasteiger partial charge < -0.3 is 5.32 Å². The lowest BCUT2D eigenvalue weighted by atomic mass is 9.94. The first kappa shape index (κ1) is 20.2. The van der Waals surface area contributed by atoms with Crippen molar-refractivity contribution in [3.8, 4) is 0 Å². The fourth-order valence-corrected chi connectivity index (χ4v) is 3.91. The topological polar surface area (TPSA) is 71.0 Å². The van der Waals surface area contributed by atoms with Gasteiger partial charge in [-0.15, -0.1) is 0 Å². The van der Waals surface area contributed by atoms with E-state index >= 15 is 0 Å². The van der Waals surface area contributed by atoms with E-state index in [-0.39, 0.29) is 5.91 Å². The van der Waals surface area contributed by atoms with Crippen molar-refractivity contribution >= 4 is 5.91 Å². The molecule has 6 heteroatoms. The van der Waals surface area contributed by atoms with Crippen LogP contribution in [0.25, 0.3) is 0 Å². The lowest BCUT2D eigenvalue weighted by molar-refractivity contribution is 0.0950. The molecule has 0 aliphatic carbocycles. The Bertz CT molecular complexity index is 974. The molecule has 1 amide bonds. The molecule has 154 valence electrons. The first-order valence-corrected chi connectivity index (χ1v) is 10.5. The summed E-state index contributed by atoms with van der Waals surface area (Å²) in [5.41, 5.74) is 4.68. The quantitative estimate of drug-likeness (QED) is 0.685. The summed E-state index contributed by atoms with van der Waals surface area (Å²) < 4.78 is 0. The number of aromatic nitrogens is 3. The molecule has 30 heavy (non-hydrogen) atoms. The lowest BCUT2D eigenvalue weighted by Gasteiger charge is -2.32. The number of amides is 1. The van der Waals surface area contributed by atoms with Gasteiger partial charge in [0.05, 0.1) is 23.5 Å². The van der Waals surface area contributed by atoms with E-state index in [1.807, 2.05) is 49.5 Å². The fourth-order valence-electron chi connectivity index (χ4n) is 3.91. The van der Waals surface area contributed by atoms with Gasteiger partial charge in [0.15, 0.2) is 0 Å². The minimum absolute atomic E-state index is 0.125. The van der Waals surface area contributed by atoms with Crippen LogP contribution in [0.2, 0.25) is 0 Å². The van der Waals surface area contributed by atoms with Crippen LogP contribution in [0.15, 0.2) is 61.1 Å². The Hall–Kier alpha value is -3.12. The largest absolute Gasteiger partial charge is 0.346 e. The van der Waals surface area contributed by atoms with Crippen LogP contribution in [0, 0.1) is 6.92 Å². The summed E-state index contributed by atoms with van der Waals surface area (Å²) in [7, 11) is 0. The molecule has 3 aromatic rings. The molecule has 0 unspecified atom stereocenters. The third-order valence-electron chi connectivity index (χ3n) is 5.62. The van der Waals surface area contributed by atoms with Gasteiger partial charge in [-0.3, -0.25) is 24.6 Å². The van der Waals surface area contributed by atoms with Crippen LogP contribution in [-0.4, -0.2) is 38.8 Å². The number of piperidine rings is 1. The summed E-state index contributed by atoms with van der Waals surface area (Å²) in [4.78, 5) is 28.3. The molecule has 4 heterocycles. The summed E-state index contributed by atoms with van der Waals surface area (Å²) >= 11 is 0. The second-order valence-electron chi connectivity index (χ2n) is 7.82. The highest BCUT2D eigenvalue weighted by Crippen LogP contribution is 2.26. The summed E-state index contributed by atoms with van der Waals surface area (Å²) in [6, 6.07) is 13.8. The van der Waals surface area contributed by atoms with Crippen LogP contribution >= 0.6 is 0 Å². The van der Waals surface area contributed by atoms with Crippen LogP contribution < -0.4 is 5.32 Å². The summed E-state index contributed by atoms with van der Waals surface area (Å²) in [6.07, 6.45) is 7.54. The normalized spacial score (nSPS) is 16.9. The molecule has 6 nitrogen and oxygen atoms in total. The first-order valence-electron chi connectivity index (χ1n) is 10.5. The van der Waals surface area contributed by atoms with Crippen molar-refractivity contribution in [2.24, 2.45) is 0 Å². The van der Waals surface area contributed by atoms with Crippen LogP contribution in [0.3, 0.4) is 0 Å². The highest BCUT2D eigenvalue weighted by atomic mass is 16.1. The number of carbonyl (C=O) groups is 1. The molecule has 0 saturated carbocycles. The number of pyridine rings is 3. The van der Waals surface area contributed by atoms with E-state index in [1.165, 1.54) is 0 Å². The van der Waals surface area contributed by atoms with Crippen LogP contribution in [0.1, 0.15) is 51.8 Å². The maximum atomic E-state index is 12.5. The molecule has 0 spiro atoms. The highest BCUT2D eigenvalue weighted by molar-refractivity contribution is 5.93. The van der Waals surface area contributed by atoms with Gasteiger partial charge in [0.25, 0.3) is 5.91 Å². The van der Waals surface area contributed by atoms with Crippen LogP contribution in [0.5, 0.6) is 0 Å². The predicted molar refractivity (Wildman–Crippen MR) is 116 cm³/mol. The molecule has 1 aliphatic rings. The van der Waals surface area contributed by atoms with Gasteiger partial charge in [-0.2, -0.15) is 0 Å². The summed E-state index contributed by atoms with van der Waals surface area (Å²) in [5.74, 6) is 0.260. The van der Waals surface area contributed by atoms with Crippen molar-refractivity contribution in [1.82, 2.24) is 25.2 Å². The van der Waals surface area contributed by atoms with Gasteiger partial charge in [0.2, 0.25) is 0 Å². The molecule has 0 bridgehead atoms. The van der Waals surface area contributed by atoms with Gasteiger partial charge in [0.1, 0.15) is 0 Å². The van der Waals surface area contributed by atoms with E-state index < -0.39 is 0 Å². The SMILES string of the molecule is Cc1cccnc1CNC(=O)c1ccc([C@H]2CCCN(Cc3ccccn3)C2)nc1. The number of carbonyl (C=O) groups excluding carboxylic acids is 1. The minimum atomic E-state index is -0.125. The van der Waals surface area contributed by atoms with Crippen molar-refractivity contribution in [3.63, 3.8) is 0 Å². The second kappa shape index (κ2) is 9.59. The van der Waals surface area contributed by atoms with Crippen molar-refractivity contribution in [2.45, 2.75) is 38.8 Å². The maximum Gasteiger partial charge on any atom is 0.253 e. The van der Waals surface area contributed by atoms with Gasteiger partial charge in [-0.25, -0.2) is 0 Å². The average Bonchev–Trinajstić information content (AvgIpc) is 2.79. The second-order valence-corrected chi connectivity index (χ2v) is 7.82. The van der Waals surface area contributed by atoms with E-state index in [0.717, 1.165) is 55.1 Å². The summed E-state index contributed by atoms with van der Waals surface area (Å²) in [5, 5.41) is 2.93. The highest BCUT2D eigenvalue weighted by Gasteiger charge is 2.23. The van der Waals surface area contributed by atoms with E-state index in [4.69, 9.17) is 0 Å². The Labute approximate surface area is 177 Å². The molecule has 1 aliphatic heterocycles.